The molecule has 0 aromatic heterocycles. The molecule has 0 bridgehead atoms. The van der Waals surface area contributed by atoms with E-state index in [4.69, 9.17) is 4.74 Å². The summed E-state index contributed by atoms with van der Waals surface area (Å²) >= 11 is 0. The Hall–Kier alpha value is -1.66. The molecule has 450 valence electrons. The molecular weight excluding hydrogens is 935 g/mol. The van der Waals surface area contributed by atoms with Gasteiger partial charge in [0.2, 0.25) is 5.91 Å². The molecule has 2 atom stereocenters. The molecule has 0 aromatic carbocycles. The standard InChI is InChI=1S/C70H135NO5/c1-3-5-7-9-11-13-15-17-19-20-32-35-38-42-46-50-54-58-62-68(73)67(66-72)71-69(74)63-59-55-51-47-43-39-36-33-30-28-26-24-22-21-23-25-27-29-31-34-37-41-45-49-53-57-61-65-76-70(75)64-60-56-52-48-44-40-18-16-14-12-10-8-6-4-2/h16,18,58,62,67-68,72-73H,3-15,17,19-57,59-61,63-66H2,1-2H3,(H,71,74)/b18-16-,62-58+. The van der Waals surface area contributed by atoms with E-state index in [1.165, 1.54) is 315 Å². The second kappa shape index (κ2) is 65.9. The van der Waals surface area contributed by atoms with E-state index in [0.29, 0.717) is 19.4 Å². The number of nitrogens with one attached hydrogen (secondary N) is 1. The molecule has 0 fully saturated rings. The molecule has 0 aliphatic heterocycles. The molecule has 0 saturated heterocycles. The van der Waals surface area contributed by atoms with Gasteiger partial charge in [-0.1, -0.05) is 340 Å². The molecule has 76 heavy (non-hydrogen) atoms. The Morgan fingerprint density at radius 2 is 0.618 bits per heavy atom. The van der Waals surface area contributed by atoms with Crippen LogP contribution in [0.25, 0.3) is 0 Å². The van der Waals surface area contributed by atoms with Crippen molar-refractivity contribution in [3.05, 3.63) is 24.3 Å². The Morgan fingerprint density at radius 3 is 0.934 bits per heavy atom. The third-order valence-corrected chi connectivity index (χ3v) is 16.2. The van der Waals surface area contributed by atoms with Crippen LogP contribution in [0.15, 0.2) is 24.3 Å². The molecular formula is C70H135NO5. The Morgan fingerprint density at radius 1 is 0.355 bits per heavy atom. The fourth-order valence-corrected chi connectivity index (χ4v) is 10.9. The van der Waals surface area contributed by atoms with Gasteiger partial charge < -0.3 is 20.3 Å². The van der Waals surface area contributed by atoms with E-state index in [1.54, 1.807) is 6.08 Å². The van der Waals surface area contributed by atoms with Crippen LogP contribution in [0.5, 0.6) is 0 Å². The van der Waals surface area contributed by atoms with E-state index >= 15 is 0 Å². The number of amides is 1. The summed E-state index contributed by atoms with van der Waals surface area (Å²) < 4.78 is 5.49. The zero-order valence-corrected chi connectivity index (χ0v) is 51.5. The average Bonchev–Trinajstić information content (AvgIpc) is 3.42. The number of aliphatic hydroxyl groups excluding tert-OH is 2. The third-order valence-electron chi connectivity index (χ3n) is 16.2. The predicted molar refractivity (Wildman–Crippen MR) is 333 cm³/mol. The van der Waals surface area contributed by atoms with Gasteiger partial charge in [-0.25, -0.2) is 0 Å². The van der Waals surface area contributed by atoms with Gasteiger partial charge in [-0.2, -0.15) is 0 Å². The van der Waals surface area contributed by atoms with Gasteiger partial charge in [-0.15, -0.1) is 0 Å². The van der Waals surface area contributed by atoms with Crippen molar-refractivity contribution in [1.82, 2.24) is 5.32 Å². The molecule has 0 aliphatic rings. The summed E-state index contributed by atoms with van der Waals surface area (Å²) in [7, 11) is 0. The zero-order chi connectivity index (χ0) is 55.0. The number of hydrogen-bond donors (Lipinski definition) is 3. The van der Waals surface area contributed by atoms with Crippen molar-refractivity contribution < 1.29 is 24.5 Å². The van der Waals surface area contributed by atoms with Crippen molar-refractivity contribution in [2.75, 3.05) is 13.2 Å². The highest BCUT2D eigenvalue weighted by Gasteiger charge is 2.18. The van der Waals surface area contributed by atoms with Gasteiger partial charge in [-0.05, 0) is 57.8 Å². The van der Waals surface area contributed by atoms with Crippen LogP contribution in [0.2, 0.25) is 0 Å². The molecule has 6 heteroatoms. The van der Waals surface area contributed by atoms with Crippen LogP contribution in [0, 0.1) is 0 Å². The first kappa shape index (κ1) is 74.3. The minimum Gasteiger partial charge on any atom is -0.466 e. The normalized spacial score (nSPS) is 12.6. The fourth-order valence-electron chi connectivity index (χ4n) is 10.9. The van der Waals surface area contributed by atoms with Gasteiger partial charge in [-0.3, -0.25) is 9.59 Å². The zero-order valence-electron chi connectivity index (χ0n) is 51.5. The maximum atomic E-state index is 12.5. The third kappa shape index (κ3) is 61.6. The molecule has 1 amide bonds. The lowest BCUT2D eigenvalue weighted by atomic mass is 10.0. The van der Waals surface area contributed by atoms with Gasteiger partial charge in [0.1, 0.15) is 0 Å². The van der Waals surface area contributed by atoms with Gasteiger partial charge in [0.15, 0.2) is 0 Å². The number of esters is 1. The molecule has 0 rings (SSSR count). The molecule has 3 N–H and O–H groups in total. The Bertz CT molecular complexity index is 1190. The van der Waals surface area contributed by atoms with Crippen molar-refractivity contribution in [1.29, 1.82) is 0 Å². The predicted octanol–water partition coefficient (Wildman–Crippen LogP) is 22.1. The van der Waals surface area contributed by atoms with Crippen LogP contribution in [0.1, 0.15) is 386 Å². The lowest BCUT2D eigenvalue weighted by Crippen LogP contribution is -2.45. The molecule has 0 aliphatic carbocycles. The summed E-state index contributed by atoms with van der Waals surface area (Å²) in [6.07, 6.45) is 82.5. The summed E-state index contributed by atoms with van der Waals surface area (Å²) in [6, 6.07) is -0.626. The average molecular weight is 1070 g/mol. The topological polar surface area (TPSA) is 95.9 Å². The number of hydrogen-bond acceptors (Lipinski definition) is 5. The van der Waals surface area contributed by atoms with Crippen molar-refractivity contribution in [3.8, 4) is 0 Å². The molecule has 0 heterocycles. The summed E-state index contributed by atoms with van der Waals surface area (Å²) in [5.74, 6) is -0.0522. The second-order valence-corrected chi connectivity index (χ2v) is 23.9. The summed E-state index contributed by atoms with van der Waals surface area (Å²) in [5, 5.41) is 23.2. The highest BCUT2D eigenvalue weighted by molar-refractivity contribution is 5.76. The number of aliphatic hydroxyl groups is 2. The largest absolute Gasteiger partial charge is 0.466 e. The number of allylic oxidation sites excluding steroid dienone is 3. The maximum absolute atomic E-state index is 12.5. The van der Waals surface area contributed by atoms with E-state index in [-0.39, 0.29) is 18.5 Å². The van der Waals surface area contributed by atoms with E-state index in [2.05, 4.69) is 31.3 Å². The summed E-state index contributed by atoms with van der Waals surface area (Å²) in [6.45, 7) is 4.93. The number of rotatable bonds is 65. The molecule has 0 aromatic rings. The van der Waals surface area contributed by atoms with Gasteiger partial charge >= 0.3 is 5.97 Å². The first-order valence-corrected chi connectivity index (χ1v) is 34.6. The number of unbranched alkanes of at least 4 members (excludes halogenated alkanes) is 52. The number of carbonyl (C=O) groups excluding carboxylic acids is 2. The Kier molecular flexibility index (Phi) is 64.4. The molecule has 0 spiro atoms. The van der Waals surface area contributed by atoms with Crippen LogP contribution in [0.3, 0.4) is 0 Å². The minimum atomic E-state index is -0.843. The Balaban J connectivity index is 3.37. The van der Waals surface area contributed by atoms with Crippen molar-refractivity contribution in [3.63, 3.8) is 0 Å². The highest BCUT2D eigenvalue weighted by atomic mass is 16.5. The Labute approximate surface area is 475 Å². The molecule has 6 nitrogen and oxygen atoms in total. The van der Waals surface area contributed by atoms with Crippen LogP contribution < -0.4 is 5.32 Å². The SMILES string of the molecule is CCCCCCC/C=C\CCCCCCCC(=O)OCCCCCCCCCCCCCCCCCCCCCCCCCCCCCC(=O)NC(CO)C(O)/C=C/CCCCCCCCCCCCCCCCCC. The number of carbonyl (C=O) groups is 2. The van der Waals surface area contributed by atoms with Crippen LogP contribution >= 0.6 is 0 Å². The summed E-state index contributed by atoms with van der Waals surface area (Å²) in [4.78, 5) is 24.6. The van der Waals surface area contributed by atoms with Crippen molar-refractivity contribution in [2.24, 2.45) is 0 Å². The smallest absolute Gasteiger partial charge is 0.305 e. The van der Waals surface area contributed by atoms with E-state index in [9.17, 15) is 19.8 Å². The van der Waals surface area contributed by atoms with E-state index in [0.717, 1.165) is 44.9 Å². The van der Waals surface area contributed by atoms with Gasteiger partial charge in [0.25, 0.3) is 0 Å². The van der Waals surface area contributed by atoms with Gasteiger partial charge in [0, 0.05) is 12.8 Å². The lowest BCUT2D eigenvalue weighted by Gasteiger charge is -2.20. The van der Waals surface area contributed by atoms with Crippen LogP contribution in [-0.2, 0) is 14.3 Å². The van der Waals surface area contributed by atoms with Crippen LogP contribution in [-0.4, -0.2) is 47.4 Å². The van der Waals surface area contributed by atoms with Crippen molar-refractivity contribution >= 4 is 11.9 Å². The molecule has 0 radical (unpaired) electrons. The fraction of sp³-hybridized carbons (Fsp3) is 0.914. The maximum Gasteiger partial charge on any atom is 0.305 e. The highest BCUT2D eigenvalue weighted by Crippen LogP contribution is 2.19. The number of ether oxygens (including phenoxy) is 1. The summed E-state index contributed by atoms with van der Waals surface area (Å²) in [5.41, 5.74) is 0. The second-order valence-electron chi connectivity index (χ2n) is 23.9. The monoisotopic (exact) mass is 1070 g/mol. The lowest BCUT2D eigenvalue weighted by molar-refractivity contribution is -0.143. The molecule has 2 unspecified atom stereocenters. The van der Waals surface area contributed by atoms with E-state index in [1.807, 2.05) is 6.08 Å². The molecule has 0 saturated carbocycles. The van der Waals surface area contributed by atoms with Crippen LogP contribution in [0.4, 0.5) is 0 Å². The quantitative estimate of drug-likeness (QED) is 0.0320. The first-order valence-electron chi connectivity index (χ1n) is 34.6. The van der Waals surface area contributed by atoms with E-state index < -0.39 is 12.1 Å². The first-order chi connectivity index (χ1) is 37.5. The minimum absolute atomic E-state index is 0.00972. The van der Waals surface area contributed by atoms with Crippen molar-refractivity contribution in [2.45, 2.75) is 398 Å². The van der Waals surface area contributed by atoms with Gasteiger partial charge in [0.05, 0.1) is 25.4 Å².